The van der Waals surface area contributed by atoms with Crippen LogP contribution >= 0.6 is 0 Å². The molecule has 1 saturated carbocycles. The Balaban J connectivity index is 1.54. The van der Waals surface area contributed by atoms with Gasteiger partial charge >= 0.3 is 0 Å². The molecule has 1 heterocycles. The van der Waals surface area contributed by atoms with Gasteiger partial charge in [0.15, 0.2) is 0 Å². The quantitative estimate of drug-likeness (QED) is 0.784. The van der Waals surface area contributed by atoms with Crippen molar-refractivity contribution in [1.82, 2.24) is 5.32 Å². The molecule has 1 saturated heterocycles. The van der Waals surface area contributed by atoms with Crippen molar-refractivity contribution in [3.05, 3.63) is 0 Å². The Bertz CT molecular complexity index is 256. The number of carbonyl (C=O) groups is 1. The lowest BCUT2D eigenvalue weighted by molar-refractivity contribution is -0.121. The number of nitrogens with one attached hydrogen (secondary N) is 1. The molecule has 1 aliphatic heterocycles. The van der Waals surface area contributed by atoms with E-state index >= 15 is 0 Å². The van der Waals surface area contributed by atoms with E-state index in [9.17, 15) is 9.90 Å². The maximum atomic E-state index is 11.7. The Morgan fingerprint density at radius 2 is 2.00 bits per heavy atom. The highest BCUT2D eigenvalue weighted by Crippen LogP contribution is 2.23. The number of hydrogen-bond acceptors (Lipinski definition) is 3. The molecule has 1 unspecified atom stereocenters. The summed E-state index contributed by atoms with van der Waals surface area (Å²) in [6, 6.07) is 0. The molecular weight excluding hydrogens is 230 g/mol. The Morgan fingerprint density at radius 1 is 1.22 bits per heavy atom. The first-order valence-electron chi connectivity index (χ1n) is 7.30. The van der Waals surface area contributed by atoms with Crippen LogP contribution in [-0.2, 0) is 9.53 Å². The molecule has 4 heteroatoms. The third-order valence-electron chi connectivity index (χ3n) is 4.12. The van der Waals surface area contributed by atoms with E-state index in [1.165, 1.54) is 0 Å². The number of aliphatic hydroxyl groups is 1. The van der Waals surface area contributed by atoms with E-state index in [1.807, 2.05) is 0 Å². The molecule has 0 aromatic heterocycles. The van der Waals surface area contributed by atoms with Crippen LogP contribution in [0, 0.1) is 5.92 Å². The van der Waals surface area contributed by atoms with Crippen LogP contribution in [0.25, 0.3) is 0 Å². The molecule has 18 heavy (non-hydrogen) atoms. The molecule has 2 fully saturated rings. The van der Waals surface area contributed by atoms with Gasteiger partial charge in [-0.25, -0.2) is 0 Å². The van der Waals surface area contributed by atoms with Crippen molar-refractivity contribution in [2.45, 2.75) is 63.6 Å². The summed E-state index contributed by atoms with van der Waals surface area (Å²) < 4.78 is 5.50. The highest BCUT2D eigenvalue weighted by molar-refractivity contribution is 5.75. The van der Waals surface area contributed by atoms with Gasteiger partial charge < -0.3 is 15.2 Å². The molecule has 1 atom stereocenters. The first-order valence-corrected chi connectivity index (χ1v) is 7.30. The number of hydrogen-bond donors (Lipinski definition) is 2. The number of ether oxygens (including phenoxy) is 1. The average molecular weight is 255 g/mol. The molecule has 0 aromatic carbocycles. The fraction of sp³-hybridized carbons (Fsp3) is 0.929. The number of amides is 1. The van der Waals surface area contributed by atoms with Crippen LogP contribution in [0.2, 0.25) is 0 Å². The predicted octanol–water partition coefficient (Wildman–Crippen LogP) is 1.61. The summed E-state index contributed by atoms with van der Waals surface area (Å²) in [6.07, 6.45) is 7.71. The second kappa shape index (κ2) is 7.10. The van der Waals surface area contributed by atoms with Crippen LogP contribution in [0.3, 0.4) is 0 Å². The zero-order valence-electron chi connectivity index (χ0n) is 11.1. The predicted molar refractivity (Wildman–Crippen MR) is 69.2 cm³/mol. The molecule has 0 aromatic rings. The van der Waals surface area contributed by atoms with Crippen LogP contribution in [0.1, 0.15) is 51.4 Å². The van der Waals surface area contributed by atoms with Gasteiger partial charge in [0.25, 0.3) is 0 Å². The minimum atomic E-state index is -0.114. The van der Waals surface area contributed by atoms with Crippen LogP contribution in [0.15, 0.2) is 0 Å². The minimum Gasteiger partial charge on any atom is -0.393 e. The van der Waals surface area contributed by atoms with E-state index in [-0.39, 0.29) is 12.0 Å². The third kappa shape index (κ3) is 4.58. The van der Waals surface area contributed by atoms with Gasteiger partial charge in [-0.2, -0.15) is 0 Å². The molecule has 2 N–H and O–H groups in total. The molecule has 0 radical (unpaired) electrons. The van der Waals surface area contributed by atoms with Gasteiger partial charge in [0.2, 0.25) is 5.91 Å². The normalized spacial score (nSPS) is 32.4. The number of aliphatic hydroxyl groups excluding tert-OH is 1. The van der Waals surface area contributed by atoms with E-state index in [1.54, 1.807) is 0 Å². The van der Waals surface area contributed by atoms with Crippen LogP contribution < -0.4 is 5.32 Å². The van der Waals surface area contributed by atoms with Crippen molar-refractivity contribution >= 4 is 5.91 Å². The fourth-order valence-corrected chi connectivity index (χ4v) is 2.86. The number of carbonyl (C=O) groups excluding carboxylic acids is 1. The standard InChI is InChI=1S/C14H25NO3/c16-12-5-3-11(4-6-12)10-15-14(17)8-7-13-2-1-9-18-13/h11-13,16H,1-10H2,(H,15,17). The van der Waals surface area contributed by atoms with E-state index in [0.717, 1.165) is 58.1 Å². The lowest BCUT2D eigenvalue weighted by atomic mass is 9.87. The first kappa shape index (κ1) is 13.8. The second-order valence-corrected chi connectivity index (χ2v) is 5.65. The van der Waals surface area contributed by atoms with Crippen LogP contribution in [-0.4, -0.2) is 36.4 Å². The second-order valence-electron chi connectivity index (χ2n) is 5.65. The van der Waals surface area contributed by atoms with Gasteiger partial charge in [-0.05, 0) is 50.9 Å². The Kier molecular flexibility index (Phi) is 5.45. The Hall–Kier alpha value is -0.610. The highest BCUT2D eigenvalue weighted by atomic mass is 16.5. The smallest absolute Gasteiger partial charge is 0.220 e. The zero-order chi connectivity index (χ0) is 12.8. The van der Waals surface area contributed by atoms with Crippen molar-refractivity contribution in [2.75, 3.05) is 13.2 Å². The molecule has 2 rings (SSSR count). The minimum absolute atomic E-state index is 0.114. The maximum absolute atomic E-state index is 11.7. The molecule has 4 nitrogen and oxygen atoms in total. The van der Waals surface area contributed by atoms with Gasteiger partial charge in [0.1, 0.15) is 0 Å². The van der Waals surface area contributed by atoms with Crippen molar-refractivity contribution in [3.63, 3.8) is 0 Å². The summed E-state index contributed by atoms with van der Waals surface area (Å²) in [5.74, 6) is 0.705. The van der Waals surface area contributed by atoms with Crippen molar-refractivity contribution in [2.24, 2.45) is 5.92 Å². The summed E-state index contributed by atoms with van der Waals surface area (Å²) in [6.45, 7) is 1.63. The van der Waals surface area contributed by atoms with Gasteiger partial charge in [0.05, 0.1) is 12.2 Å². The van der Waals surface area contributed by atoms with Gasteiger partial charge in [-0.1, -0.05) is 0 Å². The first-order chi connectivity index (χ1) is 8.74. The number of rotatable bonds is 5. The summed E-state index contributed by atoms with van der Waals surface area (Å²) in [7, 11) is 0. The van der Waals surface area contributed by atoms with E-state index in [0.29, 0.717) is 18.4 Å². The molecule has 1 aliphatic carbocycles. The summed E-state index contributed by atoms with van der Waals surface area (Å²) >= 11 is 0. The topological polar surface area (TPSA) is 58.6 Å². The van der Waals surface area contributed by atoms with Crippen LogP contribution in [0.5, 0.6) is 0 Å². The largest absolute Gasteiger partial charge is 0.393 e. The van der Waals surface area contributed by atoms with Crippen LogP contribution in [0.4, 0.5) is 0 Å². The molecular formula is C14H25NO3. The third-order valence-corrected chi connectivity index (χ3v) is 4.12. The summed E-state index contributed by atoms with van der Waals surface area (Å²) in [5.41, 5.74) is 0. The van der Waals surface area contributed by atoms with Gasteiger partial charge in [-0.15, -0.1) is 0 Å². The molecule has 0 spiro atoms. The van der Waals surface area contributed by atoms with E-state index in [2.05, 4.69) is 5.32 Å². The lowest BCUT2D eigenvalue weighted by Crippen LogP contribution is -2.32. The Morgan fingerprint density at radius 3 is 2.67 bits per heavy atom. The molecule has 2 aliphatic rings. The average Bonchev–Trinajstić information content (AvgIpc) is 2.89. The van der Waals surface area contributed by atoms with Gasteiger partial charge in [0, 0.05) is 19.6 Å². The van der Waals surface area contributed by atoms with Crippen molar-refractivity contribution < 1.29 is 14.6 Å². The SMILES string of the molecule is O=C(CCC1CCCO1)NCC1CCC(O)CC1. The zero-order valence-corrected chi connectivity index (χ0v) is 11.1. The summed E-state index contributed by atoms with van der Waals surface area (Å²) in [4.78, 5) is 11.7. The van der Waals surface area contributed by atoms with Crippen molar-refractivity contribution in [1.29, 1.82) is 0 Å². The van der Waals surface area contributed by atoms with Crippen molar-refractivity contribution in [3.8, 4) is 0 Å². The fourth-order valence-electron chi connectivity index (χ4n) is 2.86. The molecule has 104 valence electrons. The Labute approximate surface area is 109 Å². The maximum Gasteiger partial charge on any atom is 0.220 e. The molecule has 0 bridgehead atoms. The lowest BCUT2D eigenvalue weighted by Gasteiger charge is -2.25. The van der Waals surface area contributed by atoms with E-state index in [4.69, 9.17) is 4.74 Å². The highest BCUT2D eigenvalue weighted by Gasteiger charge is 2.20. The van der Waals surface area contributed by atoms with E-state index < -0.39 is 0 Å². The summed E-state index contributed by atoms with van der Waals surface area (Å²) in [5, 5.41) is 12.4. The monoisotopic (exact) mass is 255 g/mol. The molecule has 1 amide bonds. The van der Waals surface area contributed by atoms with Gasteiger partial charge in [-0.3, -0.25) is 4.79 Å².